The van der Waals surface area contributed by atoms with E-state index in [4.69, 9.17) is 10.8 Å². The molecule has 0 saturated heterocycles. The zero-order chi connectivity index (χ0) is 9.56. The minimum Gasteiger partial charge on any atom is -0.478 e. The van der Waals surface area contributed by atoms with Gasteiger partial charge < -0.3 is 10.8 Å². The molecule has 3 N–H and O–H groups in total. The van der Waals surface area contributed by atoms with Gasteiger partial charge in [-0.2, -0.15) is 0 Å². The van der Waals surface area contributed by atoms with Crippen LogP contribution < -0.4 is 5.73 Å². The van der Waals surface area contributed by atoms with Crippen molar-refractivity contribution in [2.24, 2.45) is 5.73 Å². The number of hydrogen-bond acceptors (Lipinski definition) is 2. The monoisotopic (exact) mass is 175 g/mol. The summed E-state index contributed by atoms with van der Waals surface area (Å²) in [5, 5.41) is 8.48. The van der Waals surface area contributed by atoms with E-state index in [9.17, 15) is 9.18 Å². The average Bonchev–Trinajstić information content (AvgIpc) is 2.00. The van der Waals surface area contributed by atoms with Gasteiger partial charge in [0.2, 0.25) is 0 Å². The molecule has 0 fully saturated rings. The topological polar surface area (TPSA) is 63.3 Å². The molecule has 0 aromatic carbocycles. The van der Waals surface area contributed by atoms with Gasteiger partial charge in [0.05, 0.1) is 5.57 Å². The molecule has 70 valence electrons. The van der Waals surface area contributed by atoms with Crippen molar-refractivity contribution in [1.82, 2.24) is 0 Å². The van der Waals surface area contributed by atoms with Crippen LogP contribution in [-0.4, -0.2) is 17.2 Å². The summed E-state index contributed by atoms with van der Waals surface area (Å²) in [6.45, 7) is 1.85. The van der Waals surface area contributed by atoms with Crippen molar-refractivity contribution in [2.75, 3.05) is 0 Å². The maximum atomic E-state index is 12.8. The average molecular weight is 175 g/mol. The molecule has 0 aromatic rings. The fraction of sp³-hybridized carbons (Fsp3) is 0.625. The third-order valence-electron chi connectivity index (χ3n) is 1.52. The van der Waals surface area contributed by atoms with E-state index >= 15 is 0 Å². The zero-order valence-electron chi connectivity index (χ0n) is 7.09. The van der Waals surface area contributed by atoms with Crippen LogP contribution >= 0.6 is 0 Å². The van der Waals surface area contributed by atoms with Gasteiger partial charge >= 0.3 is 5.97 Å². The molecule has 0 saturated carbocycles. The normalized spacial score (nSPS) is 14.3. The van der Waals surface area contributed by atoms with Crippen LogP contribution in [0.2, 0.25) is 0 Å². The van der Waals surface area contributed by atoms with Crippen molar-refractivity contribution in [1.29, 1.82) is 0 Å². The molecule has 0 amide bonds. The molecule has 0 aliphatic rings. The molecule has 4 heteroatoms. The molecule has 12 heavy (non-hydrogen) atoms. The lowest BCUT2D eigenvalue weighted by Gasteiger charge is -2.05. The highest BCUT2D eigenvalue weighted by molar-refractivity contribution is 5.86. The molecule has 0 spiro atoms. The summed E-state index contributed by atoms with van der Waals surface area (Å²) in [5.41, 5.74) is 4.95. The molecule has 0 radical (unpaired) electrons. The fourth-order valence-electron chi connectivity index (χ4n) is 0.881. The third kappa shape index (κ3) is 3.95. The van der Waals surface area contributed by atoms with Crippen molar-refractivity contribution in [3.8, 4) is 0 Å². The van der Waals surface area contributed by atoms with Gasteiger partial charge in [-0.3, -0.25) is 0 Å². The van der Waals surface area contributed by atoms with Crippen molar-refractivity contribution in [2.45, 2.75) is 32.4 Å². The SMILES string of the molecule is CCCC(F)CC(=CN)C(=O)O. The molecule has 0 heterocycles. The van der Waals surface area contributed by atoms with E-state index in [2.05, 4.69) is 0 Å². The summed E-state index contributed by atoms with van der Waals surface area (Å²) in [7, 11) is 0. The van der Waals surface area contributed by atoms with Crippen LogP contribution in [0, 0.1) is 0 Å². The predicted octanol–water partition coefficient (Wildman–Crippen LogP) is 1.44. The van der Waals surface area contributed by atoms with Gasteiger partial charge in [-0.25, -0.2) is 9.18 Å². The van der Waals surface area contributed by atoms with Crippen LogP contribution in [0.15, 0.2) is 11.8 Å². The molecule has 0 bridgehead atoms. The van der Waals surface area contributed by atoms with Gasteiger partial charge in [-0.15, -0.1) is 0 Å². The van der Waals surface area contributed by atoms with E-state index in [0.717, 1.165) is 6.20 Å². The first-order valence-corrected chi connectivity index (χ1v) is 3.90. The van der Waals surface area contributed by atoms with E-state index in [-0.39, 0.29) is 12.0 Å². The smallest absolute Gasteiger partial charge is 0.333 e. The molecule has 0 aliphatic heterocycles. The Hall–Kier alpha value is -1.06. The first kappa shape index (κ1) is 10.9. The lowest BCUT2D eigenvalue weighted by Crippen LogP contribution is -2.10. The van der Waals surface area contributed by atoms with Gasteiger partial charge in [0.1, 0.15) is 6.17 Å². The van der Waals surface area contributed by atoms with Crippen LogP contribution in [0.5, 0.6) is 0 Å². The summed E-state index contributed by atoms with van der Waals surface area (Å²) < 4.78 is 12.8. The Morgan fingerprint density at radius 3 is 2.67 bits per heavy atom. The second kappa shape index (κ2) is 5.57. The molecule has 0 aliphatic carbocycles. The number of carbonyl (C=O) groups is 1. The van der Waals surface area contributed by atoms with Crippen molar-refractivity contribution < 1.29 is 14.3 Å². The van der Waals surface area contributed by atoms with Gasteiger partial charge in [0.25, 0.3) is 0 Å². The number of aliphatic carboxylic acids is 1. The van der Waals surface area contributed by atoms with E-state index in [1.165, 1.54) is 0 Å². The van der Waals surface area contributed by atoms with E-state index in [0.29, 0.717) is 12.8 Å². The van der Waals surface area contributed by atoms with Gasteiger partial charge in [-0.05, 0) is 6.42 Å². The van der Waals surface area contributed by atoms with Crippen molar-refractivity contribution in [3.05, 3.63) is 11.8 Å². The van der Waals surface area contributed by atoms with E-state index in [1.807, 2.05) is 6.92 Å². The number of nitrogens with two attached hydrogens (primary N) is 1. The second-order valence-electron chi connectivity index (χ2n) is 2.59. The molecule has 0 aromatic heterocycles. The largest absolute Gasteiger partial charge is 0.478 e. The fourth-order valence-corrected chi connectivity index (χ4v) is 0.881. The van der Waals surface area contributed by atoms with Crippen LogP contribution in [-0.2, 0) is 4.79 Å². The highest BCUT2D eigenvalue weighted by Crippen LogP contribution is 2.12. The van der Waals surface area contributed by atoms with E-state index in [1.54, 1.807) is 0 Å². The minimum absolute atomic E-state index is 0.0593. The molecule has 1 atom stereocenters. The maximum Gasteiger partial charge on any atom is 0.333 e. The Kier molecular flexibility index (Phi) is 5.08. The first-order valence-electron chi connectivity index (χ1n) is 3.90. The summed E-state index contributed by atoms with van der Waals surface area (Å²) >= 11 is 0. The Morgan fingerprint density at radius 1 is 1.75 bits per heavy atom. The summed E-state index contributed by atoms with van der Waals surface area (Å²) in [4.78, 5) is 10.4. The molecular weight excluding hydrogens is 161 g/mol. The highest BCUT2D eigenvalue weighted by atomic mass is 19.1. The zero-order valence-corrected chi connectivity index (χ0v) is 7.09. The lowest BCUT2D eigenvalue weighted by atomic mass is 10.1. The van der Waals surface area contributed by atoms with Gasteiger partial charge in [0, 0.05) is 12.6 Å². The molecule has 0 rings (SSSR count). The van der Waals surface area contributed by atoms with Crippen molar-refractivity contribution in [3.63, 3.8) is 0 Å². The Balaban J connectivity index is 3.95. The minimum atomic E-state index is -1.14. The third-order valence-corrected chi connectivity index (χ3v) is 1.52. The molecule has 1 unspecified atom stereocenters. The van der Waals surface area contributed by atoms with Gasteiger partial charge in [-0.1, -0.05) is 13.3 Å². The standard InChI is InChI=1S/C8H14FNO2/c1-2-3-7(9)4-6(5-10)8(11)12/h5,7H,2-4,10H2,1H3,(H,11,12). The molecule has 3 nitrogen and oxygen atoms in total. The second-order valence-corrected chi connectivity index (χ2v) is 2.59. The van der Waals surface area contributed by atoms with Gasteiger partial charge in [0.15, 0.2) is 0 Å². The number of carboxylic acids is 1. The summed E-state index contributed by atoms with van der Waals surface area (Å²) in [6.07, 6.45) is 0.842. The predicted molar refractivity (Wildman–Crippen MR) is 44.3 cm³/mol. The molecular formula is C8H14FNO2. The number of alkyl halides is 1. The number of rotatable bonds is 5. The summed E-state index contributed by atoms with van der Waals surface area (Å²) in [6, 6.07) is 0. The summed E-state index contributed by atoms with van der Waals surface area (Å²) in [5.74, 6) is -1.14. The number of hydrogen-bond donors (Lipinski definition) is 2. The Bertz CT molecular complexity index is 180. The van der Waals surface area contributed by atoms with Crippen LogP contribution in [0.25, 0.3) is 0 Å². The number of halogens is 1. The van der Waals surface area contributed by atoms with Crippen molar-refractivity contribution >= 4 is 5.97 Å². The van der Waals surface area contributed by atoms with Crippen LogP contribution in [0.3, 0.4) is 0 Å². The Morgan fingerprint density at radius 2 is 2.33 bits per heavy atom. The van der Waals surface area contributed by atoms with Crippen LogP contribution in [0.1, 0.15) is 26.2 Å². The Labute approximate surface area is 71.1 Å². The highest BCUT2D eigenvalue weighted by Gasteiger charge is 2.13. The van der Waals surface area contributed by atoms with E-state index < -0.39 is 12.1 Å². The lowest BCUT2D eigenvalue weighted by molar-refractivity contribution is -0.133. The maximum absolute atomic E-state index is 12.8. The first-order chi connectivity index (χ1) is 5.61. The quantitative estimate of drug-likeness (QED) is 0.621. The van der Waals surface area contributed by atoms with Crippen LogP contribution in [0.4, 0.5) is 4.39 Å². The number of carboxylic acid groups (broad SMARTS) is 1.